The number of ether oxygens (including phenoxy) is 1. The maximum Gasteiger partial charge on any atom is 0.246 e. The van der Waals surface area contributed by atoms with Crippen LogP contribution in [0.3, 0.4) is 0 Å². The molecule has 3 rings (SSSR count). The van der Waals surface area contributed by atoms with Crippen molar-refractivity contribution in [2.75, 3.05) is 32.1 Å². The molecule has 2 aromatic carbocycles. The van der Waals surface area contributed by atoms with Gasteiger partial charge in [-0.2, -0.15) is 0 Å². The average Bonchev–Trinajstić information content (AvgIpc) is 2.63. The quantitative estimate of drug-likeness (QED) is 0.864. The van der Waals surface area contributed by atoms with Crippen LogP contribution in [0.2, 0.25) is 0 Å². The first-order chi connectivity index (χ1) is 12.6. The highest BCUT2D eigenvalue weighted by atomic mass is 16.5. The van der Waals surface area contributed by atoms with Crippen molar-refractivity contribution in [1.82, 2.24) is 10.2 Å². The number of hydrogen-bond donors (Lipinski definition) is 2. The van der Waals surface area contributed by atoms with Gasteiger partial charge in [0.15, 0.2) is 0 Å². The summed E-state index contributed by atoms with van der Waals surface area (Å²) in [5, 5.41) is 5.78. The van der Waals surface area contributed by atoms with Gasteiger partial charge in [-0.1, -0.05) is 36.4 Å². The van der Waals surface area contributed by atoms with Gasteiger partial charge in [0.2, 0.25) is 11.8 Å². The minimum absolute atomic E-state index is 0.0712. The van der Waals surface area contributed by atoms with Crippen LogP contribution in [0.4, 0.5) is 5.69 Å². The standard InChI is InChI=1S/C20H23N3O3/c1-14-8-9-17(26-2)16(12-14)22-20(25)19(15-6-4-3-5-7-15)23-11-10-21-18(24)13-23/h3-9,12,19H,10-11,13H2,1-2H3,(H,21,24)(H,22,25)/t19-/m1/s1. The van der Waals surface area contributed by atoms with Crippen molar-refractivity contribution in [2.45, 2.75) is 13.0 Å². The number of rotatable bonds is 5. The summed E-state index contributed by atoms with van der Waals surface area (Å²) in [7, 11) is 1.57. The van der Waals surface area contributed by atoms with Gasteiger partial charge in [0.05, 0.1) is 19.3 Å². The molecule has 1 saturated heterocycles. The summed E-state index contributed by atoms with van der Waals surface area (Å²) in [6.45, 7) is 3.30. The highest BCUT2D eigenvalue weighted by molar-refractivity contribution is 5.97. The summed E-state index contributed by atoms with van der Waals surface area (Å²) < 4.78 is 5.36. The van der Waals surface area contributed by atoms with Crippen LogP contribution in [-0.2, 0) is 9.59 Å². The number of carbonyl (C=O) groups excluding carboxylic acids is 2. The Kier molecular flexibility index (Phi) is 5.53. The number of anilines is 1. The van der Waals surface area contributed by atoms with Gasteiger partial charge in [-0.3, -0.25) is 14.5 Å². The number of nitrogens with zero attached hydrogens (tertiary/aromatic N) is 1. The maximum absolute atomic E-state index is 13.2. The molecule has 0 unspecified atom stereocenters. The average molecular weight is 353 g/mol. The Morgan fingerprint density at radius 3 is 2.69 bits per heavy atom. The van der Waals surface area contributed by atoms with Crippen LogP contribution in [0.15, 0.2) is 48.5 Å². The predicted molar refractivity (Wildman–Crippen MR) is 100 cm³/mol. The third-order valence-electron chi connectivity index (χ3n) is 4.41. The molecule has 2 N–H and O–H groups in total. The first-order valence-electron chi connectivity index (χ1n) is 8.59. The molecular formula is C20H23N3O3. The highest BCUT2D eigenvalue weighted by Crippen LogP contribution is 2.28. The lowest BCUT2D eigenvalue weighted by Gasteiger charge is -2.33. The Balaban J connectivity index is 1.90. The molecule has 1 aliphatic rings. The molecule has 0 spiro atoms. The van der Waals surface area contributed by atoms with Gasteiger partial charge in [-0.25, -0.2) is 0 Å². The van der Waals surface area contributed by atoms with Gasteiger partial charge in [-0.05, 0) is 30.2 Å². The lowest BCUT2D eigenvalue weighted by atomic mass is 10.0. The van der Waals surface area contributed by atoms with Gasteiger partial charge < -0.3 is 15.4 Å². The fourth-order valence-corrected chi connectivity index (χ4v) is 3.16. The molecule has 0 bridgehead atoms. The van der Waals surface area contributed by atoms with Crippen molar-refractivity contribution in [3.63, 3.8) is 0 Å². The maximum atomic E-state index is 13.2. The van der Waals surface area contributed by atoms with Crippen molar-refractivity contribution in [3.8, 4) is 5.75 Å². The smallest absolute Gasteiger partial charge is 0.246 e. The Bertz CT molecular complexity index is 792. The topological polar surface area (TPSA) is 70.7 Å². The van der Waals surface area contributed by atoms with Gasteiger partial charge in [0.25, 0.3) is 0 Å². The van der Waals surface area contributed by atoms with Gasteiger partial charge in [0.1, 0.15) is 11.8 Å². The first-order valence-corrected chi connectivity index (χ1v) is 8.59. The van der Waals surface area contributed by atoms with E-state index in [1.807, 2.05) is 60.4 Å². The van der Waals surface area contributed by atoms with Crippen LogP contribution in [-0.4, -0.2) is 43.5 Å². The summed E-state index contributed by atoms with van der Waals surface area (Å²) >= 11 is 0. The molecule has 1 aliphatic heterocycles. The van der Waals surface area contributed by atoms with E-state index in [0.717, 1.165) is 11.1 Å². The molecule has 136 valence electrons. The largest absolute Gasteiger partial charge is 0.495 e. The van der Waals surface area contributed by atoms with E-state index in [0.29, 0.717) is 24.5 Å². The Labute approximate surface area is 153 Å². The number of nitrogens with one attached hydrogen (secondary N) is 2. The third-order valence-corrected chi connectivity index (χ3v) is 4.41. The molecule has 1 fully saturated rings. The third kappa shape index (κ3) is 4.03. The van der Waals surface area contributed by atoms with Crippen LogP contribution in [0, 0.1) is 6.92 Å². The monoisotopic (exact) mass is 353 g/mol. The molecular weight excluding hydrogens is 330 g/mol. The Morgan fingerprint density at radius 2 is 2.00 bits per heavy atom. The van der Waals surface area contributed by atoms with E-state index in [9.17, 15) is 9.59 Å². The summed E-state index contributed by atoms with van der Waals surface area (Å²) in [5.41, 5.74) is 2.50. The SMILES string of the molecule is COc1ccc(C)cc1NC(=O)[C@@H](c1ccccc1)N1CCNC(=O)C1. The number of amides is 2. The first kappa shape index (κ1) is 17.9. The fraction of sp³-hybridized carbons (Fsp3) is 0.300. The molecule has 2 aromatic rings. The molecule has 0 aromatic heterocycles. The van der Waals surface area contributed by atoms with Gasteiger partial charge >= 0.3 is 0 Å². The molecule has 6 heteroatoms. The van der Waals surface area contributed by atoms with E-state index >= 15 is 0 Å². The normalized spacial score (nSPS) is 15.8. The number of carbonyl (C=O) groups is 2. The molecule has 6 nitrogen and oxygen atoms in total. The van der Waals surface area contributed by atoms with E-state index in [1.54, 1.807) is 7.11 Å². The van der Waals surface area contributed by atoms with Crippen LogP contribution < -0.4 is 15.4 Å². The summed E-state index contributed by atoms with van der Waals surface area (Å²) in [5.74, 6) is 0.347. The summed E-state index contributed by atoms with van der Waals surface area (Å²) in [4.78, 5) is 26.9. The molecule has 0 saturated carbocycles. The minimum Gasteiger partial charge on any atom is -0.495 e. The van der Waals surface area contributed by atoms with Crippen molar-refractivity contribution >= 4 is 17.5 Å². The van der Waals surface area contributed by atoms with Crippen molar-refractivity contribution in [3.05, 3.63) is 59.7 Å². The van der Waals surface area contributed by atoms with Crippen LogP contribution >= 0.6 is 0 Å². The van der Waals surface area contributed by atoms with E-state index in [1.165, 1.54) is 0 Å². The number of hydrogen-bond acceptors (Lipinski definition) is 4. The van der Waals surface area contributed by atoms with E-state index in [4.69, 9.17) is 4.74 Å². The van der Waals surface area contributed by atoms with Gasteiger partial charge in [-0.15, -0.1) is 0 Å². The predicted octanol–water partition coefficient (Wildman–Crippen LogP) is 2.12. The van der Waals surface area contributed by atoms with Crippen LogP contribution in [0.25, 0.3) is 0 Å². The highest BCUT2D eigenvalue weighted by Gasteiger charge is 2.31. The molecule has 0 radical (unpaired) electrons. The van der Waals surface area contributed by atoms with Crippen molar-refractivity contribution < 1.29 is 14.3 Å². The lowest BCUT2D eigenvalue weighted by Crippen LogP contribution is -2.51. The second kappa shape index (κ2) is 8.01. The summed E-state index contributed by atoms with van der Waals surface area (Å²) in [6.07, 6.45) is 0. The van der Waals surface area contributed by atoms with E-state index in [2.05, 4.69) is 10.6 Å². The zero-order chi connectivity index (χ0) is 18.5. The summed E-state index contributed by atoms with van der Waals surface area (Å²) in [6, 6.07) is 14.6. The lowest BCUT2D eigenvalue weighted by molar-refractivity contribution is -0.128. The Morgan fingerprint density at radius 1 is 1.23 bits per heavy atom. The van der Waals surface area contributed by atoms with Gasteiger partial charge in [0, 0.05) is 13.1 Å². The fourth-order valence-electron chi connectivity index (χ4n) is 3.16. The molecule has 2 amide bonds. The van der Waals surface area contributed by atoms with Crippen molar-refractivity contribution in [1.29, 1.82) is 0 Å². The second-order valence-electron chi connectivity index (χ2n) is 6.33. The number of methoxy groups -OCH3 is 1. The van der Waals surface area contributed by atoms with Crippen LogP contribution in [0.5, 0.6) is 5.75 Å². The zero-order valence-electron chi connectivity index (χ0n) is 15.0. The van der Waals surface area contributed by atoms with E-state index < -0.39 is 6.04 Å². The molecule has 1 heterocycles. The molecule has 0 aliphatic carbocycles. The number of aryl methyl sites for hydroxylation is 1. The number of piperazine rings is 1. The minimum atomic E-state index is -0.549. The van der Waals surface area contributed by atoms with E-state index in [-0.39, 0.29) is 18.4 Å². The molecule has 26 heavy (non-hydrogen) atoms. The zero-order valence-corrected chi connectivity index (χ0v) is 15.0. The Hall–Kier alpha value is -2.86. The molecule has 1 atom stereocenters. The second-order valence-corrected chi connectivity index (χ2v) is 6.33. The number of benzene rings is 2. The van der Waals surface area contributed by atoms with Crippen LogP contribution in [0.1, 0.15) is 17.2 Å². The van der Waals surface area contributed by atoms with Crippen molar-refractivity contribution in [2.24, 2.45) is 0 Å².